The molecule has 0 spiro atoms. The molecule has 1 aliphatic rings. The van der Waals surface area contributed by atoms with Crippen molar-refractivity contribution in [1.29, 1.82) is 0 Å². The summed E-state index contributed by atoms with van der Waals surface area (Å²) in [4.78, 5) is 4.09. The standard InChI is InChI=1S/C10H14BrN3O2S/c11-8-4-10(6-13-5-8)17(15,16)14-3-1-2-9(12)7-14/h4-6,9H,1-3,7,12H2/t9-/m1/s1. The second kappa shape index (κ2) is 5.01. The maximum atomic E-state index is 12.3. The van der Waals surface area contributed by atoms with Crippen molar-refractivity contribution in [3.05, 3.63) is 22.9 Å². The van der Waals surface area contributed by atoms with Crippen LogP contribution in [0, 0.1) is 0 Å². The molecule has 1 aromatic heterocycles. The molecule has 2 heterocycles. The Labute approximate surface area is 109 Å². The van der Waals surface area contributed by atoms with Crippen molar-refractivity contribution >= 4 is 26.0 Å². The molecule has 0 aliphatic carbocycles. The zero-order valence-electron chi connectivity index (χ0n) is 9.21. The number of hydrogen-bond acceptors (Lipinski definition) is 4. The van der Waals surface area contributed by atoms with Gasteiger partial charge in [0.1, 0.15) is 4.90 Å². The third-order valence-electron chi connectivity index (χ3n) is 2.74. The van der Waals surface area contributed by atoms with E-state index in [0.717, 1.165) is 12.8 Å². The maximum Gasteiger partial charge on any atom is 0.244 e. The monoisotopic (exact) mass is 319 g/mol. The van der Waals surface area contributed by atoms with Crippen LogP contribution >= 0.6 is 15.9 Å². The first-order valence-electron chi connectivity index (χ1n) is 5.36. The third-order valence-corrected chi connectivity index (χ3v) is 5.00. The molecule has 0 amide bonds. The van der Waals surface area contributed by atoms with Crippen LogP contribution in [0.3, 0.4) is 0 Å². The molecule has 2 N–H and O–H groups in total. The molecule has 1 fully saturated rings. The van der Waals surface area contributed by atoms with Gasteiger partial charge in [-0.15, -0.1) is 0 Å². The molecule has 7 heteroatoms. The van der Waals surface area contributed by atoms with Gasteiger partial charge in [-0.2, -0.15) is 4.31 Å². The fourth-order valence-corrected chi connectivity index (χ4v) is 3.92. The number of halogens is 1. The van der Waals surface area contributed by atoms with Gasteiger partial charge >= 0.3 is 0 Å². The number of pyridine rings is 1. The number of nitrogens with zero attached hydrogens (tertiary/aromatic N) is 2. The summed E-state index contributed by atoms with van der Waals surface area (Å²) in [6.07, 6.45) is 4.60. The van der Waals surface area contributed by atoms with Crippen molar-refractivity contribution in [1.82, 2.24) is 9.29 Å². The molecule has 1 atom stereocenters. The van der Waals surface area contributed by atoms with Gasteiger partial charge in [-0.3, -0.25) is 4.98 Å². The smallest absolute Gasteiger partial charge is 0.244 e. The minimum atomic E-state index is -3.46. The van der Waals surface area contributed by atoms with Crippen LogP contribution in [-0.2, 0) is 10.0 Å². The van der Waals surface area contributed by atoms with Crippen LogP contribution < -0.4 is 5.73 Å². The fourth-order valence-electron chi connectivity index (χ4n) is 1.87. The van der Waals surface area contributed by atoms with E-state index in [1.54, 1.807) is 12.3 Å². The molecule has 2 rings (SSSR count). The molecule has 0 bridgehead atoms. The van der Waals surface area contributed by atoms with E-state index in [0.29, 0.717) is 17.6 Å². The van der Waals surface area contributed by atoms with Crippen LogP contribution in [0.25, 0.3) is 0 Å². The fraction of sp³-hybridized carbons (Fsp3) is 0.500. The zero-order valence-corrected chi connectivity index (χ0v) is 11.6. The highest BCUT2D eigenvalue weighted by molar-refractivity contribution is 9.10. The topological polar surface area (TPSA) is 76.3 Å². The van der Waals surface area contributed by atoms with Gasteiger partial charge in [0, 0.05) is 36.0 Å². The van der Waals surface area contributed by atoms with Gasteiger partial charge < -0.3 is 5.73 Å². The Bertz CT molecular complexity index is 506. The average molecular weight is 320 g/mol. The molecule has 0 radical (unpaired) electrons. The lowest BCUT2D eigenvalue weighted by molar-refractivity contribution is 0.316. The van der Waals surface area contributed by atoms with Crippen LogP contribution in [0.15, 0.2) is 27.8 Å². The molecule has 0 unspecified atom stereocenters. The predicted molar refractivity (Wildman–Crippen MR) is 67.9 cm³/mol. The van der Waals surface area contributed by atoms with Gasteiger partial charge in [0.25, 0.3) is 0 Å². The number of aromatic nitrogens is 1. The van der Waals surface area contributed by atoms with E-state index in [1.807, 2.05) is 0 Å². The Balaban J connectivity index is 2.29. The van der Waals surface area contributed by atoms with Crippen LogP contribution in [-0.4, -0.2) is 36.8 Å². The van der Waals surface area contributed by atoms with Crippen molar-refractivity contribution in [2.45, 2.75) is 23.8 Å². The van der Waals surface area contributed by atoms with Crippen molar-refractivity contribution in [2.75, 3.05) is 13.1 Å². The van der Waals surface area contributed by atoms with Gasteiger partial charge in [0.2, 0.25) is 10.0 Å². The lowest BCUT2D eigenvalue weighted by Crippen LogP contribution is -2.45. The van der Waals surface area contributed by atoms with Gasteiger partial charge in [-0.1, -0.05) is 0 Å². The van der Waals surface area contributed by atoms with Crippen LogP contribution in [0.5, 0.6) is 0 Å². The molecule has 1 saturated heterocycles. The molecule has 1 aliphatic heterocycles. The van der Waals surface area contributed by atoms with E-state index in [4.69, 9.17) is 5.73 Å². The van der Waals surface area contributed by atoms with Crippen molar-refractivity contribution in [3.63, 3.8) is 0 Å². The normalized spacial score (nSPS) is 22.6. The summed E-state index contributed by atoms with van der Waals surface area (Å²) in [6.45, 7) is 0.914. The third kappa shape index (κ3) is 2.85. The Morgan fingerprint density at radius 3 is 2.88 bits per heavy atom. The highest BCUT2D eigenvalue weighted by atomic mass is 79.9. The zero-order chi connectivity index (χ0) is 12.5. The summed E-state index contributed by atoms with van der Waals surface area (Å²) in [5, 5.41) is 0. The minimum absolute atomic E-state index is 0.0707. The Morgan fingerprint density at radius 1 is 1.47 bits per heavy atom. The Kier molecular flexibility index (Phi) is 3.82. The highest BCUT2D eigenvalue weighted by Crippen LogP contribution is 2.21. The average Bonchev–Trinajstić information content (AvgIpc) is 2.29. The van der Waals surface area contributed by atoms with Gasteiger partial charge in [-0.05, 0) is 34.8 Å². The van der Waals surface area contributed by atoms with E-state index in [-0.39, 0.29) is 10.9 Å². The van der Waals surface area contributed by atoms with Crippen molar-refractivity contribution in [3.8, 4) is 0 Å². The summed E-state index contributed by atoms with van der Waals surface area (Å²) < 4.78 is 26.7. The van der Waals surface area contributed by atoms with E-state index < -0.39 is 10.0 Å². The molecule has 1 aromatic rings. The molecular weight excluding hydrogens is 306 g/mol. The molecule has 94 valence electrons. The van der Waals surface area contributed by atoms with Gasteiger partial charge in [-0.25, -0.2) is 8.42 Å². The van der Waals surface area contributed by atoms with Crippen LogP contribution in [0.4, 0.5) is 0 Å². The van der Waals surface area contributed by atoms with E-state index in [9.17, 15) is 8.42 Å². The summed E-state index contributed by atoms with van der Waals surface area (Å²) in [5.41, 5.74) is 5.80. The summed E-state index contributed by atoms with van der Waals surface area (Å²) in [7, 11) is -3.46. The number of piperidine rings is 1. The van der Waals surface area contributed by atoms with E-state index >= 15 is 0 Å². The number of nitrogens with two attached hydrogens (primary N) is 1. The first-order valence-corrected chi connectivity index (χ1v) is 7.60. The molecular formula is C10H14BrN3O2S. The lowest BCUT2D eigenvalue weighted by Gasteiger charge is -2.29. The predicted octanol–water partition coefficient (Wildman–Crippen LogP) is 0.956. The largest absolute Gasteiger partial charge is 0.327 e. The quantitative estimate of drug-likeness (QED) is 0.880. The summed E-state index contributed by atoms with van der Waals surface area (Å²) in [6, 6.07) is 1.49. The maximum absolute atomic E-state index is 12.3. The van der Waals surface area contributed by atoms with Crippen LogP contribution in [0.1, 0.15) is 12.8 Å². The van der Waals surface area contributed by atoms with Crippen molar-refractivity contribution in [2.24, 2.45) is 5.73 Å². The molecule has 5 nitrogen and oxygen atoms in total. The second-order valence-electron chi connectivity index (χ2n) is 4.10. The number of sulfonamides is 1. The summed E-state index contributed by atoms with van der Waals surface area (Å²) >= 11 is 3.22. The van der Waals surface area contributed by atoms with Crippen molar-refractivity contribution < 1.29 is 8.42 Å². The Hall–Kier alpha value is -0.500. The molecule has 17 heavy (non-hydrogen) atoms. The summed E-state index contributed by atoms with van der Waals surface area (Å²) in [5.74, 6) is 0. The minimum Gasteiger partial charge on any atom is -0.327 e. The molecule has 0 saturated carbocycles. The second-order valence-corrected chi connectivity index (χ2v) is 6.96. The van der Waals surface area contributed by atoms with E-state index in [2.05, 4.69) is 20.9 Å². The SMILES string of the molecule is N[C@@H]1CCCN(S(=O)(=O)c2cncc(Br)c2)C1. The first-order chi connectivity index (χ1) is 8.00. The van der Waals surface area contributed by atoms with Gasteiger partial charge in [0.05, 0.1) is 0 Å². The molecule has 0 aromatic carbocycles. The number of rotatable bonds is 2. The highest BCUT2D eigenvalue weighted by Gasteiger charge is 2.29. The lowest BCUT2D eigenvalue weighted by atomic mass is 10.1. The van der Waals surface area contributed by atoms with E-state index in [1.165, 1.54) is 10.5 Å². The first kappa shape index (κ1) is 12.9. The number of hydrogen-bond donors (Lipinski definition) is 1. The Morgan fingerprint density at radius 2 is 2.24 bits per heavy atom. The van der Waals surface area contributed by atoms with Gasteiger partial charge in [0.15, 0.2) is 0 Å². The van der Waals surface area contributed by atoms with Crippen LogP contribution in [0.2, 0.25) is 0 Å².